The van der Waals surface area contributed by atoms with Gasteiger partial charge in [-0.05, 0) is 37.6 Å². The summed E-state index contributed by atoms with van der Waals surface area (Å²) in [4.78, 5) is 8.55. The third-order valence-corrected chi connectivity index (χ3v) is 4.34. The van der Waals surface area contributed by atoms with Crippen LogP contribution in [0.3, 0.4) is 0 Å². The Bertz CT molecular complexity index is 752. The van der Waals surface area contributed by atoms with Crippen LogP contribution in [0, 0.1) is 13.8 Å². The molecule has 4 N–H and O–H groups in total. The topological polar surface area (TPSA) is 125 Å². The average Bonchev–Trinajstić information content (AvgIpc) is 2.64. The van der Waals surface area contributed by atoms with Gasteiger partial charge in [-0.15, -0.1) is 0 Å². The fraction of sp³-hybridized carbons (Fsp3) is 0.444. The molecule has 0 unspecified atom stereocenters. The molecule has 3 rings (SSSR count). The van der Waals surface area contributed by atoms with Crippen molar-refractivity contribution in [2.45, 2.75) is 44.6 Å². The van der Waals surface area contributed by atoms with Crippen molar-refractivity contribution in [3.63, 3.8) is 0 Å². The van der Waals surface area contributed by atoms with Crippen molar-refractivity contribution in [3.05, 3.63) is 41.9 Å². The second-order valence-corrected chi connectivity index (χ2v) is 6.34. The van der Waals surface area contributed by atoms with Gasteiger partial charge in [0.2, 0.25) is 6.29 Å². The monoisotopic (exact) mass is 362 g/mol. The quantitative estimate of drug-likeness (QED) is 0.596. The summed E-state index contributed by atoms with van der Waals surface area (Å²) in [5.74, 6) is 0.443. The van der Waals surface area contributed by atoms with Gasteiger partial charge in [0.05, 0.1) is 24.2 Å². The van der Waals surface area contributed by atoms with Gasteiger partial charge in [0.1, 0.15) is 30.2 Å². The second-order valence-electron chi connectivity index (χ2n) is 6.34. The normalized spacial score (nSPS) is 28.8. The van der Waals surface area contributed by atoms with Crippen LogP contribution < -0.4 is 4.74 Å². The van der Waals surface area contributed by atoms with Gasteiger partial charge in [-0.1, -0.05) is 0 Å². The first kappa shape index (κ1) is 18.7. The van der Waals surface area contributed by atoms with Crippen LogP contribution in [-0.2, 0) is 4.74 Å². The van der Waals surface area contributed by atoms with Gasteiger partial charge >= 0.3 is 0 Å². The molecule has 8 nitrogen and oxygen atoms in total. The molecule has 1 fully saturated rings. The number of aliphatic hydroxyl groups excluding tert-OH is 4. The third kappa shape index (κ3) is 3.69. The van der Waals surface area contributed by atoms with Crippen molar-refractivity contribution in [2.24, 2.45) is 0 Å². The molecular weight excluding hydrogens is 340 g/mol. The zero-order chi connectivity index (χ0) is 18.8. The maximum Gasteiger partial charge on any atom is 0.229 e. The van der Waals surface area contributed by atoms with Crippen LogP contribution in [0.25, 0.3) is 11.3 Å². The van der Waals surface area contributed by atoms with Crippen LogP contribution in [0.1, 0.15) is 11.3 Å². The molecular formula is C18H22N2O6. The number of ether oxygens (including phenoxy) is 2. The summed E-state index contributed by atoms with van der Waals surface area (Å²) in [5, 5.41) is 39.0. The Morgan fingerprint density at radius 1 is 1.04 bits per heavy atom. The van der Waals surface area contributed by atoms with E-state index in [4.69, 9.17) is 9.47 Å². The summed E-state index contributed by atoms with van der Waals surface area (Å²) >= 11 is 0. The molecule has 0 radical (unpaired) electrons. The largest absolute Gasteiger partial charge is 0.462 e. The molecule has 1 aliphatic heterocycles. The summed E-state index contributed by atoms with van der Waals surface area (Å²) in [6.45, 7) is 3.18. The van der Waals surface area contributed by atoms with Gasteiger partial charge < -0.3 is 29.9 Å². The summed E-state index contributed by atoms with van der Waals surface area (Å²) in [7, 11) is 0. The lowest BCUT2D eigenvalue weighted by molar-refractivity contribution is -0.277. The van der Waals surface area contributed by atoms with E-state index in [1.807, 2.05) is 19.9 Å². The van der Waals surface area contributed by atoms with Crippen molar-refractivity contribution in [1.29, 1.82) is 0 Å². The van der Waals surface area contributed by atoms with E-state index >= 15 is 0 Å². The van der Waals surface area contributed by atoms with Gasteiger partial charge in [0.25, 0.3) is 0 Å². The summed E-state index contributed by atoms with van der Waals surface area (Å²) in [6, 6.07) is 5.36. The fourth-order valence-electron chi connectivity index (χ4n) is 2.77. The highest BCUT2D eigenvalue weighted by atomic mass is 16.7. The Kier molecular flexibility index (Phi) is 5.49. The molecule has 26 heavy (non-hydrogen) atoms. The smallest absolute Gasteiger partial charge is 0.229 e. The first-order valence-electron chi connectivity index (χ1n) is 8.27. The first-order valence-corrected chi connectivity index (χ1v) is 8.27. The molecule has 0 aliphatic carbocycles. The Morgan fingerprint density at radius 3 is 2.42 bits per heavy atom. The number of aromatic nitrogens is 2. The number of benzene rings is 1. The van der Waals surface area contributed by atoms with Crippen LogP contribution in [0.15, 0.2) is 30.6 Å². The predicted molar refractivity (Wildman–Crippen MR) is 91.3 cm³/mol. The Hall–Kier alpha value is -2.10. The number of aryl methyl sites for hydroxylation is 2. The van der Waals surface area contributed by atoms with Crippen molar-refractivity contribution < 1.29 is 29.9 Å². The molecule has 8 heteroatoms. The lowest BCUT2D eigenvalue weighted by atomic mass is 9.99. The maximum atomic E-state index is 10.1. The van der Waals surface area contributed by atoms with E-state index < -0.39 is 37.3 Å². The molecule has 2 aromatic rings. The molecule has 140 valence electrons. The molecule has 1 saturated heterocycles. The molecule has 0 bridgehead atoms. The lowest BCUT2D eigenvalue weighted by Crippen LogP contribution is -2.60. The standard InChI is InChI=1S/C18H22N2O6/c1-9-5-11(12-7-19-10(2)6-20-12)3-4-13(9)25-18-17(24)16(23)15(22)14(8-21)26-18/h3-7,14-18,21-24H,8H2,1-2H3/t14-,15-,16+,17+,18+/m1/s1. The molecule has 1 aromatic carbocycles. The van der Waals surface area contributed by atoms with Gasteiger partial charge in [0, 0.05) is 11.8 Å². The molecule has 2 heterocycles. The van der Waals surface area contributed by atoms with E-state index in [9.17, 15) is 20.4 Å². The van der Waals surface area contributed by atoms with Crippen LogP contribution in [0.2, 0.25) is 0 Å². The minimum Gasteiger partial charge on any atom is -0.462 e. The molecule has 0 amide bonds. The van der Waals surface area contributed by atoms with E-state index in [0.29, 0.717) is 5.75 Å². The summed E-state index contributed by atoms with van der Waals surface area (Å²) < 4.78 is 11.0. The summed E-state index contributed by atoms with van der Waals surface area (Å²) in [6.07, 6.45) is -3.21. The number of aliphatic hydroxyl groups is 4. The van der Waals surface area contributed by atoms with Crippen LogP contribution in [0.5, 0.6) is 5.75 Å². The summed E-state index contributed by atoms with van der Waals surface area (Å²) in [5.41, 5.74) is 3.17. The molecule has 1 aliphatic rings. The highest BCUT2D eigenvalue weighted by Gasteiger charge is 2.44. The number of hydrogen-bond donors (Lipinski definition) is 4. The fourth-order valence-corrected chi connectivity index (χ4v) is 2.77. The van der Waals surface area contributed by atoms with Crippen molar-refractivity contribution in [1.82, 2.24) is 9.97 Å². The predicted octanol–water partition coefficient (Wildman–Crippen LogP) is -0.0609. The highest BCUT2D eigenvalue weighted by molar-refractivity contribution is 5.61. The molecule has 1 aromatic heterocycles. The van der Waals surface area contributed by atoms with E-state index in [0.717, 1.165) is 22.5 Å². The minimum absolute atomic E-state index is 0.443. The van der Waals surface area contributed by atoms with E-state index in [1.54, 1.807) is 24.5 Å². The van der Waals surface area contributed by atoms with Crippen LogP contribution in [0.4, 0.5) is 0 Å². The van der Waals surface area contributed by atoms with Gasteiger partial charge in [-0.25, -0.2) is 0 Å². The zero-order valence-electron chi connectivity index (χ0n) is 14.5. The SMILES string of the molecule is Cc1cnc(-c2ccc(O[C@H]3O[C@H](CO)[C@@H](O)[C@H](O)[C@@H]3O)c(C)c2)cn1. The Balaban J connectivity index is 1.78. The second kappa shape index (κ2) is 7.65. The minimum atomic E-state index is -1.48. The number of nitrogens with zero attached hydrogens (tertiary/aromatic N) is 2. The van der Waals surface area contributed by atoms with Crippen molar-refractivity contribution in [3.8, 4) is 17.0 Å². The van der Waals surface area contributed by atoms with Crippen molar-refractivity contribution in [2.75, 3.05) is 6.61 Å². The average molecular weight is 362 g/mol. The highest BCUT2D eigenvalue weighted by Crippen LogP contribution is 2.29. The van der Waals surface area contributed by atoms with Crippen molar-refractivity contribution >= 4 is 0 Å². The first-order chi connectivity index (χ1) is 12.4. The molecule has 0 spiro atoms. The number of hydrogen-bond acceptors (Lipinski definition) is 8. The van der Waals surface area contributed by atoms with Crippen LogP contribution >= 0.6 is 0 Å². The van der Waals surface area contributed by atoms with Gasteiger partial charge in [-0.3, -0.25) is 9.97 Å². The molecule has 0 saturated carbocycles. The third-order valence-electron chi connectivity index (χ3n) is 4.34. The van der Waals surface area contributed by atoms with E-state index in [2.05, 4.69) is 9.97 Å². The maximum absolute atomic E-state index is 10.1. The lowest BCUT2D eigenvalue weighted by Gasteiger charge is -2.39. The van der Waals surface area contributed by atoms with E-state index in [1.165, 1.54) is 0 Å². The Morgan fingerprint density at radius 2 is 1.81 bits per heavy atom. The Labute approximate surface area is 150 Å². The van der Waals surface area contributed by atoms with Gasteiger partial charge in [0.15, 0.2) is 0 Å². The zero-order valence-corrected chi connectivity index (χ0v) is 14.5. The number of rotatable bonds is 4. The van der Waals surface area contributed by atoms with E-state index in [-0.39, 0.29) is 0 Å². The van der Waals surface area contributed by atoms with Crippen LogP contribution in [-0.4, -0.2) is 67.7 Å². The van der Waals surface area contributed by atoms with Gasteiger partial charge in [-0.2, -0.15) is 0 Å². The molecule has 5 atom stereocenters.